The third kappa shape index (κ3) is 4.93. The van der Waals surface area contributed by atoms with Crippen molar-refractivity contribution in [3.63, 3.8) is 0 Å². The van der Waals surface area contributed by atoms with Gasteiger partial charge in [0.15, 0.2) is 0 Å². The molecule has 3 rings (SSSR count). The van der Waals surface area contributed by atoms with Crippen LogP contribution in [-0.4, -0.2) is 73.2 Å². The quantitative estimate of drug-likeness (QED) is 0.727. The van der Waals surface area contributed by atoms with E-state index < -0.39 is 10.0 Å². The molecular formula is C21H33N3O3S. The fourth-order valence-electron chi connectivity index (χ4n) is 4.41. The lowest BCUT2D eigenvalue weighted by atomic mass is 9.93. The van der Waals surface area contributed by atoms with Gasteiger partial charge in [0.1, 0.15) is 0 Å². The first-order valence-electron chi connectivity index (χ1n) is 10.5. The number of benzene rings is 1. The summed E-state index contributed by atoms with van der Waals surface area (Å²) < 4.78 is 27.0. The Morgan fingerprint density at radius 3 is 2.21 bits per heavy atom. The highest BCUT2D eigenvalue weighted by Crippen LogP contribution is 2.25. The first-order chi connectivity index (χ1) is 13.4. The molecule has 156 valence electrons. The lowest BCUT2D eigenvalue weighted by molar-refractivity contribution is -0.137. The molecule has 1 heterocycles. The monoisotopic (exact) mass is 407 g/mol. The molecule has 1 aliphatic carbocycles. The second-order valence-electron chi connectivity index (χ2n) is 8.18. The predicted octanol–water partition coefficient (Wildman–Crippen LogP) is 2.56. The number of hydrogen-bond donors (Lipinski definition) is 0. The lowest BCUT2D eigenvalue weighted by Gasteiger charge is -2.40. The van der Waals surface area contributed by atoms with Crippen molar-refractivity contribution >= 4 is 15.9 Å². The average molecular weight is 408 g/mol. The summed E-state index contributed by atoms with van der Waals surface area (Å²) in [6.07, 6.45) is 5.89. The molecule has 1 aliphatic heterocycles. The van der Waals surface area contributed by atoms with Gasteiger partial charge in [0.25, 0.3) is 0 Å². The Morgan fingerprint density at radius 1 is 1.04 bits per heavy atom. The number of hydrogen-bond acceptors (Lipinski definition) is 4. The number of carbonyl (C=O) groups excluding carboxylic acids is 1. The molecule has 1 aromatic rings. The van der Waals surface area contributed by atoms with E-state index in [4.69, 9.17) is 0 Å². The third-order valence-electron chi connectivity index (χ3n) is 5.88. The molecule has 0 unspecified atom stereocenters. The zero-order chi connectivity index (χ0) is 20.1. The SMILES string of the molecule is CC(C)N(C(=O)CN1CCN(S(=O)(=O)c2ccccc2)CC1)C1CCCCC1. The van der Waals surface area contributed by atoms with Crippen LogP contribution in [0.1, 0.15) is 46.0 Å². The van der Waals surface area contributed by atoms with Crippen LogP contribution in [0.2, 0.25) is 0 Å². The molecule has 0 N–H and O–H groups in total. The van der Waals surface area contributed by atoms with Crippen LogP contribution in [0.4, 0.5) is 0 Å². The molecule has 0 radical (unpaired) electrons. The van der Waals surface area contributed by atoms with Crippen LogP contribution >= 0.6 is 0 Å². The van der Waals surface area contributed by atoms with Crippen molar-refractivity contribution in [2.45, 2.75) is 62.9 Å². The van der Waals surface area contributed by atoms with Crippen molar-refractivity contribution in [3.8, 4) is 0 Å². The fourth-order valence-corrected chi connectivity index (χ4v) is 5.86. The first kappa shape index (κ1) is 21.3. The molecule has 1 saturated carbocycles. The zero-order valence-corrected chi connectivity index (χ0v) is 17.9. The Bertz CT molecular complexity index is 737. The summed E-state index contributed by atoms with van der Waals surface area (Å²) in [5.41, 5.74) is 0. The van der Waals surface area contributed by atoms with Gasteiger partial charge >= 0.3 is 0 Å². The smallest absolute Gasteiger partial charge is 0.243 e. The summed E-state index contributed by atoms with van der Waals surface area (Å²) in [4.78, 5) is 17.5. The summed E-state index contributed by atoms with van der Waals surface area (Å²) in [5, 5.41) is 0. The highest BCUT2D eigenvalue weighted by molar-refractivity contribution is 7.89. The average Bonchev–Trinajstić information content (AvgIpc) is 2.70. The van der Waals surface area contributed by atoms with Crippen molar-refractivity contribution in [3.05, 3.63) is 30.3 Å². The second kappa shape index (κ2) is 9.37. The molecule has 1 amide bonds. The largest absolute Gasteiger partial charge is 0.336 e. The van der Waals surface area contributed by atoms with Gasteiger partial charge in [0, 0.05) is 38.3 Å². The van der Waals surface area contributed by atoms with Gasteiger partial charge in [-0.3, -0.25) is 9.69 Å². The van der Waals surface area contributed by atoms with Gasteiger partial charge in [-0.15, -0.1) is 0 Å². The van der Waals surface area contributed by atoms with E-state index in [2.05, 4.69) is 23.6 Å². The number of amides is 1. The van der Waals surface area contributed by atoms with Crippen molar-refractivity contribution in [2.75, 3.05) is 32.7 Å². The van der Waals surface area contributed by atoms with Crippen LogP contribution in [0.5, 0.6) is 0 Å². The summed E-state index contributed by atoms with van der Waals surface area (Å²) in [5.74, 6) is 0.182. The summed E-state index contributed by atoms with van der Waals surface area (Å²) in [7, 11) is -3.45. The molecule has 0 atom stereocenters. The Labute approximate surface area is 169 Å². The highest BCUT2D eigenvalue weighted by atomic mass is 32.2. The van der Waals surface area contributed by atoms with Crippen LogP contribution in [-0.2, 0) is 14.8 Å². The van der Waals surface area contributed by atoms with E-state index in [-0.39, 0.29) is 11.9 Å². The molecule has 28 heavy (non-hydrogen) atoms. The van der Waals surface area contributed by atoms with Gasteiger partial charge in [0.2, 0.25) is 15.9 Å². The molecule has 0 spiro atoms. The van der Waals surface area contributed by atoms with E-state index >= 15 is 0 Å². The first-order valence-corrected chi connectivity index (χ1v) is 11.9. The standard InChI is InChI=1S/C21H33N3O3S/c1-18(2)24(19-9-5-3-6-10-19)21(25)17-22-13-15-23(16-14-22)28(26,27)20-11-7-4-8-12-20/h4,7-8,11-12,18-19H,3,5-6,9-10,13-17H2,1-2H3. The van der Waals surface area contributed by atoms with Gasteiger partial charge in [-0.25, -0.2) is 8.42 Å². The van der Waals surface area contributed by atoms with Gasteiger partial charge < -0.3 is 4.90 Å². The number of piperazine rings is 1. The van der Waals surface area contributed by atoms with Crippen molar-refractivity contribution in [1.82, 2.24) is 14.1 Å². The van der Waals surface area contributed by atoms with Crippen LogP contribution < -0.4 is 0 Å². The summed E-state index contributed by atoms with van der Waals surface area (Å²) in [6.45, 7) is 6.61. The zero-order valence-electron chi connectivity index (χ0n) is 17.1. The lowest BCUT2D eigenvalue weighted by Crippen LogP contribution is -2.54. The second-order valence-corrected chi connectivity index (χ2v) is 10.1. The Balaban J connectivity index is 1.56. The number of sulfonamides is 1. The summed E-state index contributed by atoms with van der Waals surface area (Å²) in [6, 6.07) is 9.14. The minimum Gasteiger partial charge on any atom is -0.336 e. The Morgan fingerprint density at radius 2 is 1.64 bits per heavy atom. The topological polar surface area (TPSA) is 60.9 Å². The minimum absolute atomic E-state index is 0.182. The number of carbonyl (C=O) groups is 1. The van der Waals surface area contributed by atoms with E-state index in [1.807, 2.05) is 6.07 Å². The number of nitrogens with zero attached hydrogens (tertiary/aromatic N) is 3. The molecule has 1 saturated heterocycles. The van der Waals surface area contributed by atoms with Gasteiger partial charge in [0.05, 0.1) is 11.4 Å². The predicted molar refractivity (Wildman–Crippen MR) is 110 cm³/mol. The van der Waals surface area contributed by atoms with Gasteiger partial charge in [-0.2, -0.15) is 4.31 Å². The third-order valence-corrected chi connectivity index (χ3v) is 7.80. The highest BCUT2D eigenvalue weighted by Gasteiger charge is 2.32. The molecule has 2 aliphatic rings. The van der Waals surface area contributed by atoms with Crippen LogP contribution in [0.3, 0.4) is 0 Å². The van der Waals surface area contributed by atoms with E-state index in [0.29, 0.717) is 43.7 Å². The molecule has 6 nitrogen and oxygen atoms in total. The molecule has 0 aromatic heterocycles. The molecule has 2 fully saturated rings. The van der Waals surface area contributed by atoms with Crippen molar-refractivity contribution in [1.29, 1.82) is 0 Å². The maximum absolute atomic E-state index is 13.0. The van der Waals surface area contributed by atoms with Crippen LogP contribution in [0.15, 0.2) is 35.2 Å². The molecular weight excluding hydrogens is 374 g/mol. The Hall–Kier alpha value is -1.44. The molecule has 7 heteroatoms. The Kier molecular flexibility index (Phi) is 7.12. The van der Waals surface area contributed by atoms with E-state index in [0.717, 1.165) is 12.8 Å². The maximum atomic E-state index is 13.0. The summed E-state index contributed by atoms with van der Waals surface area (Å²) >= 11 is 0. The van der Waals surface area contributed by atoms with Gasteiger partial charge in [-0.05, 0) is 38.8 Å². The maximum Gasteiger partial charge on any atom is 0.243 e. The normalized spacial score (nSPS) is 20.4. The molecule has 1 aromatic carbocycles. The van der Waals surface area contributed by atoms with Crippen molar-refractivity contribution < 1.29 is 13.2 Å². The van der Waals surface area contributed by atoms with E-state index in [9.17, 15) is 13.2 Å². The molecule has 0 bridgehead atoms. The minimum atomic E-state index is -3.45. The van der Waals surface area contributed by atoms with E-state index in [1.54, 1.807) is 24.3 Å². The van der Waals surface area contributed by atoms with Crippen LogP contribution in [0.25, 0.3) is 0 Å². The van der Waals surface area contributed by atoms with Crippen LogP contribution in [0, 0.1) is 0 Å². The number of rotatable bonds is 6. The fraction of sp³-hybridized carbons (Fsp3) is 0.667. The van der Waals surface area contributed by atoms with E-state index in [1.165, 1.54) is 23.6 Å². The van der Waals surface area contributed by atoms with Gasteiger partial charge in [-0.1, -0.05) is 37.5 Å². The van der Waals surface area contributed by atoms with Crippen molar-refractivity contribution in [2.24, 2.45) is 0 Å².